The number of hydrogen-bond donors (Lipinski definition) is 2. The molecule has 0 atom stereocenters. The molecule has 0 fully saturated rings. The Morgan fingerprint density at radius 2 is 1.21 bits per heavy atom. The molecule has 14 heavy (non-hydrogen) atoms. The first-order chi connectivity index (χ1) is 6.91. The van der Waals surface area contributed by atoms with Gasteiger partial charge < -0.3 is 0 Å². The third-order valence-electron chi connectivity index (χ3n) is 2.46. The molecule has 0 bridgehead atoms. The summed E-state index contributed by atoms with van der Waals surface area (Å²) in [6.45, 7) is 6.51. The first kappa shape index (κ1) is 13.9. The zero-order valence-electron chi connectivity index (χ0n) is 10.1. The van der Waals surface area contributed by atoms with E-state index in [9.17, 15) is 0 Å². The van der Waals surface area contributed by atoms with E-state index in [1.165, 1.54) is 51.4 Å². The minimum atomic E-state index is 1.01. The van der Waals surface area contributed by atoms with Gasteiger partial charge in [-0.15, -0.1) is 0 Å². The second-order valence-corrected chi connectivity index (χ2v) is 3.93. The van der Waals surface area contributed by atoms with Crippen molar-refractivity contribution in [2.45, 2.75) is 65.2 Å². The zero-order chi connectivity index (χ0) is 10.5. The maximum atomic E-state index is 3.20. The normalized spacial score (nSPS) is 10.7. The van der Waals surface area contributed by atoms with Crippen molar-refractivity contribution < 1.29 is 0 Å². The Hall–Kier alpha value is -0.0800. The summed E-state index contributed by atoms with van der Waals surface area (Å²) in [7, 11) is 0. The van der Waals surface area contributed by atoms with Gasteiger partial charge in [0.25, 0.3) is 0 Å². The van der Waals surface area contributed by atoms with Crippen LogP contribution in [0.15, 0.2) is 0 Å². The lowest BCUT2D eigenvalue weighted by Crippen LogP contribution is -2.31. The van der Waals surface area contributed by atoms with Crippen LogP contribution in [0.5, 0.6) is 0 Å². The van der Waals surface area contributed by atoms with Gasteiger partial charge in [0, 0.05) is 13.1 Å². The molecule has 0 aliphatic carbocycles. The molecule has 0 aromatic heterocycles. The fraction of sp³-hybridized carbons (Fsp3) is 1.00. The summed E-state index contributed by atoms with van der Waals surface area (Å²) in [5.74, 6) is 0. The van der Waals surface area contributed by atoms with E-state index in [2.05, 4.69) is 24.7 Å². The molecule has 2 heteroatoms. The molecule has 86 valence electrons. The number of nitrogens with one attached hydrogen (secondary N) is 2. The molecule has 0 amide bonds. The number of unbranched alkanes of at least 4 members (excludes halogenated alkanes) is 7. The third kappa shape index (κ3) is 11.9. The van der Waals surface area contributed by atoms with Crippen LogP contribution in [-0.2, 0) is 0 Å². The molecule has 0 aromatic carbocycles. The Morgan fingerprint density at radius 3 is 1.79 bits per heavy atom. The van der Waals surface area contributed by atoms with Crippen LogP contribution < -0.4 is 10.9 Å². The molecule has 0 saturated heterocycles. The van der Waals surface area contributed by atoms with Crippen LogP contribution in [0.25, 0.3) is 0 Å². The fourth-order valence-corrected chi connectivity index (χ4v) is 1.56. The highest BCUT2D eigenvalue weighted by molar-refractivity contribution is 4.47. The van der Waals surface area contributed by atoms with Gasteiger partial charge in [-0.05, 0) is 6.42 Å². The van der Waals surface area contributed by atoms with E-state index in [0.717, 1.165) is 13.1 Å². The van der Waals surface area contributed by atoms with Gasteiger partial charge in [-0.1, -0.05) is 58.8 Å². The SMILES string of the molecule is CCCCCCCCCCNNCC. The molecular weight excluding hydrogens is 172 g/mol. The van der Waals surface area contributed by atoms with Crippen LogP contribution in [0.1, 0.15) is 65.2 Å². The third-order valence-corrected chi connectivity index (χ3v) is 2.46. The molecule has 0 aliphatic heterocycles. The maximum absolute atomic E-state index is 3.20. The fourth-order valence-electron chi connectivity index (χ4n) is 1.56. The van der Waals surface area contributed by atoms with Gasteiger partial charge in [0.2, 0.25) is 0 Å². The molecule has 0 heterocycles. The summed E-state index contributed by atoms with van der Waals surface area (Å²) < 4.78 is 0. The van der Waals surface area contributed by atoms with Crippen LogP contribution in [0, 0.1) is 0 Å². The summed E-state index contributed by atoms with van der Waals surface area (Å²) in [6.07, 6.45) is 11.2. The summed E-state index contributed by atoms with van der Waals surface area (Å²) >= 11 is 0. The van der Waals surface area contributed by atoms with Crippen molar-refractivity contribution in [3.05, 3.63) is 0 Å². The maximum Gasteiger partial charge on any atom is 0.00997 e. The largest absolute Gasteiger partial charge is 0.258 e. The molecular formula is C12H28N2. The van der Waals surface area contributed by atoms with Crippen LogP contribution in [0.4, 0.5) is 0 Å². The van der Waals surface area contributed by atoms with E-state index in [1.54, 1.807) is 0 Å². The number of hydrazine groups is 1. The average molecular weight is 200 g/mol. The van der Waals surface area contributed by atoms with Gasteiger partial charge in [0.1, 0.15) is 0 Å². The molecule has 0 aromatic rings. The van der Waals surface area contributed by atoms with Gasteiger partial charge >= 0.3 is 0 Å². The second kappa shape index (κ2) is 12.9. The van der Waals surface area contributed by atoms with Crippen molar-refractivity contribution in [2.75, 3.05) is 13.1 Å². The molecule has 2 N–H and O–H groups in total. The summed E-state index contributed by atoms with van der Waals surface area (Å²) in [5.41, 5.74) is 6.31. The number of hydrogen-bond acceptors (Lipinski definition) is 2. The van der Waals surface area contributed by atoms with Crippen molar-refractivity contribution in [3.8, 4) is 0 Å². The van der Waals surface area contributed by atoms with Crippen LogP contribution in [0.2, 0.25) is 0 Å². The van der Waals surface area contributed by atoms with E-state index >= 15 is 0 Å². The van der Waals surface area contributed by atoms with Gasteiger partial charge in [0.15, 0.2) is 0 Å². The average Bonchev–Trinajstić information content (AvgIpc) is 2.21. The van der Waals surface area contributed by atoms with Crippen molar-refractivity contribution >= 4 is 0 Å². The number of rotatable bonds is 11. The Balaban J connectivity index is 2.78. The minimum Gasteiger partial charge on any atom is -0.258 e. The molecule has 0 rings (SSSR count). The van der Waals surface area contributed by atoms with Crippen LogP contribution in [0.3, 0.4) is 0 Å². The quantitative estimate of drug-likeness (QED) is 0.395. The Kier molecular flexibility index (Phi) is 12.8. The van der Waals surface area contributed by atoms with Crippen molar-refractivity contribution in [3.63, 3.8) is 0 Å². The molecule has 0 spiro atoms. The molecule has 0 unspecified atom stereocenters. The highest BCUT2D eigenvalue weighted by Gasteiger charge is 1.90. The first-order valence-electron chi connectivity index (χ1n) is 6.37. The molecule has 0 saturated carbocycles. The smallest absolute Gasteiger partial charge is 0.00997 e. The summed E-state index contributed by atoms with van der Waals surface area (Å²) in [4.78, 5) is 0. The van der Waals surface area contributed by atoms with E-state index < -0.39 is 0 Å². The lowest BCUT2D eigenvalue weighted by atomic mass is 10.1. The Morgan fingerprint density at radius 1 is 0.643 bits per heavy atom. The van der Waals surface area contributed by atoms with E-state index in [4.69, 9.17) is 0 Å². The first-order valence-corrected chi connectivity index (χ1v) is 6.37. The van der Waals surface area contributed by atoms with Crippen molar-refractivity contribution in [1.82, 2.24) is 10.9 Å². The van der Waals surface area contributed by atoms with Gasteiger partial charge in [-0.2, -0.15) is 0 Å². The summed E-state index contributed by atoms with van der Waals surface area (Å²) in [5, 5.41) is 0. The highest BCUT2D eigenvalue weighted by atomic mass is 15.3. The highest BCUT2D eigenvalue weighted by Crippen LogP contribution is 2.07. The monoisotopic (exact) mass is 200 g/mol. The molecule has 0 aliphatic rings. The van der Waals surface area contributed by atoms with Crippen LogP contribution >= 0.6 is 0 Å². The zero-order valence-corrected chi connectivity index (χ0v) is 10.1. The second-order valence-electron chi connectivity index (χ2n) is 3.93. The minimum absolute atomic E-state index is 1.01. The lowest BCUT2D eigenvalue weighted by molar-refractivity contribution is 0.508. The van der Waals surface area contributed by atoms with Gasteiger partial charge in [-0.25, -0.2) is 0 Å². The van der Waals surface area contributed by atoms with Gasteiger partial charge in [-0.3, -0.25) is 10.9 Å². The lowest BCUT2D eigenvalue weighted by Gasteiger charge is -2.04. The van der Waals surface area contributed by atoms with E-state index in [0.29, 0.717) is 0 Å². The van der Waals surface area contributed by atoms with Crippen LogP contribution in [-0.4, -0.2) is 13.1 Å². The Labute approximate surface area is 89.8 Å². The van der Waals surface area contributed by atoms with Crippen molar-refractivity contribution in [1.29, 1.82) is 0 Å². The topological polar surface area (TPSA) is 24.1 Å². The predicted molar refractivity (Wildman–Crippen MR) is 64.3 cm³/mol. The van der Waals surface area contributed by atoms with Gasteiger partial charge in [0.05, 0.1) is 0 Å². The summed E-state index contributed by atoms with van der Waals surface area (Å²) in [6, 6.07) is 0. The molecule has 0 radical (unpaired) electrons. The van der Waals surface area contributed by atoms with Crippen molar-refractivity contribution in [2.24, 2.45) is 0 Å². The standard InChI is InChI=1S/C12H28N2/c1-3-5-6-7-8-9-10-11-12-14-13-4-2/h13-14H,3-12H2,1-2H3. The predicted octanol–water partition coefficient (Wildman–Crippen LogP) is 3.24. The van der Waals surface area contributed by atoms with E-state index in [1.807, 2.05) is 0 Å². The molecule has 2 nitrogen and oxygen atoms in total. The Bertz CT molecular complexity index is 82.3. The van der Waals surface area contributed by atoms with E-state index in [-0.39, 0.29) is 0 Å².